The SMILES string of the molecule is ClC(Cc1nc2ccccc2o1)c1ccc(I)cc1. The average molecular weight is 384 g/mol. The first-order valence-corrected chi connectivity index (χ1v) is 7.48. The highest BCUT2D eigenvalue weighted by Crippen LogP contribution is 2.26. The molecule has 3 rings (SSSR count). The van der Waals surface area contributed by atoms with E-state index in [-0.39, 0.29) is 5.38 Å². The van der Waals surface area contributed by atoms with E-state index in [0.29, 0.717) is 12.3 Å². The molecule has 0 aliphatic carbocycles. The molecule has 1 atom stereocenters. The van der Waals surface area contributed by atoms with Gasteiger partial charge in [-0.05, 0) is 52.4 Å². The molecule has 0 amide bonds. The summed E-state index contributed by atoms with van der Waals surface area (Å²) in [5.41, 5.74) is 2.78. The highest BCUT2D eigenvalue weighted by Gasteiger charge is 2.13. The molecule has 2 aromatic carbocycles. The zero-order valence-electron chi connectivity index (χ0n) is 10.0. The predicted octanol–water partition coefficient (Wildman–Crippen LogP) is 4.96. The monoisotopic (exact) mass is 383 g/mol. The van der Waals surface area contributed by atoms with Crippen LogP contribution in [0.1, 0.15) is 16.8 Å². The molecule has 0 fully saturated rings. The van der Waals surface area contributed by atoms with Gasteiger partial charge in [-0.2, -0.15) is 0 Å². The summed E-state index contributed by atoms with van der Waals surface area (Å²) < 4.78 is 6.89. The molecule has 3 aromatic rings. The van der Waals surface area contributed by atoms with Gasteiger partial charge < -0.3 is 4.42 Å². The number of aromatic nitrogens is 1. The summed E-state index contributed by atoms with van der Waals surface area (Å²) in [5.74, 6) is 0.680. The molecule has 0 aliphatic heterocycles. The number of para-hydroxylation sites is 2. The first-order valence-electron chi connectivity index (χ1n) is 5.96. The van der Waals surface area contributed by atoms with Crippen LogP contribution in [0.2, 0.25) is 0 Å². The molecule has 0 N–H and O–H groups in total. The van der Waals surface area contributed by atoms with E-state index < -0.39 is 0 Å². The van der Waals surface area contributed by atoms with Crippen LogP contribution in [-0.4, -0.2) is 4.98 Å². The zero-order chi connectivity index (χ0) is 13.2. The third kappa shape index (κ3) is 2.92. The van der Waals surface area contributed by atoms with Crippen molar-refractivity contribution in [3.63, 3.8) is 0 Å². The van der Waals surface area contributed by atoms with Crippen LogP contribution in [0.5, 0.6) is 0 Å². The van der Waals surface area contributed by atoms with Gasteiger partial charge in [0.1, 0.15) is 5.52 Å². The minimum atomic E-state index is -0.120. The molecule has 0 bridgehead atoms. The second kappa shape index (κ2) is 5.51. The van der Waals surface area contributed by atoms with E-state index in [1.54, 1.807) is 0 Å². The lowest BCUT2D eigenvalue weighted by molar-refractivity contribution is 0.525. The lowest BCUT2D eigenvalue weighted by Crippen LogP contribution is -1.96. The van der Waals surface area contributed by atoms with Gasteiger partial charge in [0.05, 0.1) is 5.38 Å². The summed E-state index contributed by atoms with van der Waals surface area (Å²) in [6.07, 6.45) is 0.594. The van der Waals surface area contributed by atoms with Gasteiger partial charge in [-0.25, -0.2) is 4.98 Å². The van der Waals surface area contributed by atoms with Gasteiger partial charge in [-0.3, -0.25) is 0 Å². The Balaban J connectivity index is 1.82. The van der Waals surface area contributed by atoms with Crippen molar-refractivity contribution in [1.29, 1.82) is 0 Å². The normalized spacial score (nSPS) is 12.7. The molecule has 0 saturated carbocycles. The summed E-state index contributed by atoms with van der Waals surface area (Å²) in [4.78, 5) is 4.44. The van der Waals surface area contributed by atoms with E-state index in [9.17, 15) is 0 Å². The van der Waals surface area contributed by atoms with Crippen LogP contribution in [0.25, 0.3) is 11.1 Å². The standard InChI is InChI=1S/C15H11ClINO/c16-12(10-5-7-11(17)8-6-10)9-15-18-13-3-1-2-4-14(13)19-15/h1-8,12H,9H2. The van der Waals surface area contributed by atoms with Crippen LogP contribution in [0.3, 0.4) is 0 Å². The molecule has 19 heavy (non-hydrogen) atoms. The van der Waals surface area contributed by atoms with E-state index in [4.69, 9.17) is 16.0 Å². The average Bonchev–Trinajstić information content (AvgIpc) is 2.81. The van der Waals surface area contributed by atoms with Crippen LogP contribution >= 0.6 is 34.2 Å². The number of rotatable bonds is 3. The molecule has 0 saturated heterocycles. The Labute approximate surface area is 129 Å². The van der Waals surface area contributed by atoms with Crippen LogP contribution in [-0.2, 0) is 6.42 Å². The van der Waals surface area contributed by atoms with Gasteiger partial charge in [-0.1, -0.05) is 24.3 Å². The van der Waals surface area contributed by atoms with Crippen LogP contribution in [0, 0.1) is 3.57 Å². The quantitative estimate of drug-likeness (QED) is 0.472. The number of alkyl halides is 1. The van der Waals surface area contributed by atoms with Crippen LogP contribution in [0.4, 0.5) is 0 Å². The Morgan fingerprint density at radius 3 is 2.58 bits per heavy atom. The number of hydrogen-bond donors (Lipinski definition) is 0. The summed E-state index contributed by atoms with van der Waals surface area (Å²) in [6.45, 7) is 0. The Hall–Kier alpha value is -1.07. The molecule has 96 valence electrons. The number of benzene rings is 2. The fourth-order valence-corrected chi connectivity index (χ4v) is 2.59. The molecule has 1 unspecified atom stereocenters. The van der Waals surface area contributed by atoms with Crippen molar-refractivity contribution in [3.8, 4) is 0 Å². The van der Waals surface area contributed by atoms with Gasteiger partial charge in [0.25, 0.3) is 0 Å². The molecule has 4 heteroatoms. The topological polar surface area (TPSA) is 26.0 Å². The van der Waals surface area contributed by atoms with Gasteiger partial charge in [-0.15, -0.1) is 11.6 Å². The van der Waals surface area contributed by atoms with E-state index in [1.807, 2.05) is 36.4 Å². The van der Waals surface area contributed by atoms with Crippen molar-refractivity contribution < 1.29 is 4.42 Å². The highest BCUT2D eigenvalue weighted by molar-refractivity contribution is 14.1. The Bertz CT molecular complexity index is 660. The third-order valence-corrected chi connectivity index (χ3v) is 4.05. The Morgan fingerprint density at radius 2 is 1.84 bits per heavy atom. The molecule has 1 aromatic heterocycles. The van der Waals surface area contributed by atoms with Crippen LogP contribution < -0.4 is 0 Å². The lowest BCUT2D eigenvalue weighted by atomic mass is 10.1. The maximum atomic E-state index is 6.42. The fraction of sp³-hybridized carbons (Fsp3) is 0.133. The molecule has 0 spiro atoms. The van der Waals surface area contributed by atoms with Gasteiger partial charge in [0.2, 0.25) is 0 Å². The second-order valence-electron chi connectivity index (χ2n) is 4.30. The maximum absolute atomic E-state index is 6.42. The Morgan fingerprint density at radius 1 is 1.11 bits per heavy atom. The summed E-state index contributed by atoms with van der Waals surface area (Å²) in [7, 11) is 0. The molecule has 0 radical (unpaired) electrons. The number of nitrogens with zero attached hydrogens (tertiary/aromatic N) is 1. The number of fused-ring (bicyclic) bond motifs is 1. The van der Waals surface area contributed by atoms with Gasteiger partial charge >= 0.3 is 0 Å². The van der Waals surface area contributed by atoms with Crippen molar-refractivity contribution in [2.75, 3.05) is 0 Å². The highest BCUT2D eigenvalue weighted by atomic mass is 127. The third-order valence-electron chi connectivity index (χ3n) is 2.92. The van der Waals surface area contributed by atoms with E-state index in [1.165, 1.54) is 3.57 Å². The van der Waals surface area contributed by atoms with Crippen LogP contribution in [0.15, 0.2) is 52.9 Å². The molecular formula is C15H11ClINO. The number of oxazole rings is 1. The molecular weight excluding hydrogens is 373 g/mol. The lowest BCUT2D eigenvalue weighted by Gasteiger charge is -2.07. The minimum absolute atomic E-state index is 0.120. The summed E-state index contributed by atoms with van der Waals surface area (Å²) >= 11 is 8.70. The summed E-state index contributed by atoms with van der Waals surface area (Å²) in [5, 5.41) is -0.120. The van der Waals surface area contributed by atoms with E-state index in [0.717, 1.165) is 16.7 Å². The largest absolute Gasteiger partial charge is 0.441 e. The number of hydrogen-bond acceptors (Lipinski definition) is 2. The van der Waals surface area contributed by atoms with Gasteiger partial charge in [0, 0.05) is 9.99 Å². The van der Waals surface area contributed by atoms with Crippen molar-refractivity contribution in [1.82, 2.24) is 4.98 Å². The van der Waals surface area contributed by atoms with Crippen molar-refractivity contribution >= 4 is 45.3 Å². The minimum Gasteiger partial charge on any atom is -0.441 e. The molecule has 2 nitrogen and oxygen atoms in total. The predicted molar refractivity (Wildman–Crippen MR) is 85.5 cm³/mol. The zero-order valence-corrected chi connectivity index (χ0v) is 12.9. The first-order chi connectivity index (χ1) is 9.22. The number of halogens is 2. The van der Waals surface area contributed by atoms with E-state index in [2.05, 4.69) is 39.7 Å². The van der Waals surface area contributed by atoms with E-state index >= 15 is 0 Å². The summed E-state index contributed by atoms with van der Waals surface area (Å²) in [6, 6.07) is 15.9. The first kappa shape index (κ1) is 12.9. The Kier molecular flexibility index (Phi) is 3.75. The molecule has 1 heterocycles. The van der Waals surface area contributed by atoms with Crippen molar-refractivity contribution in [3.05, 3.63) is 63.6 Å². The second-order valence-corrected chi connectivity index (χ2v) is 6.07. The smallest absolute Gasteiger partial charge is 0.197 e. The fourth-order valence-electron chi connectivity index (χ4n) is 1.95. The molecule has 0 aliphatic rings. The van der Waals surface area contributed by atoms with Crippen molar-refractivity contribution in [2.24, 2.45) is 0 Å². The van der Waals surface area contributed by atoms with Crippen molar-refractivity contribution in [2.45, 2.75) is 11.8 Å². The maximum Gasteiger partial charge on any atom is 0.197 e. The van der Waals surface area contributed by atoms with Gasteiger partial charge in [0.15, 0.2) is 11.5 Å².